The maximum Gasteiger partial charge on any atom is 0.437 e. The smallest absolute Gasteiger partial charge is 0.363 e. The number of aliphatic hydroxyl groups is 1. The number of thiocarbonyl (C=S) groups is 1. The highest BCUT2D eigenvalue weighted by Crippen LogP contribution is 2.44. The van der Waals surface area contributed by atoms with Crippen LogP contribution in [0.25, 0.3) is 0 Å². The Morgan fingerprint density at radius 3 is 2.26 bits per heavy atom. The van der Waals surface area contributed by atoms with Crippen LogP contribution in [0.5, 0.6) is 0 Å². The van der Waals surface area contributed by atoms with Crippen molar-refractivity contribution in [2.75, 3.05) is 0 Å². The van der Waals surface area contributed by atoms with Gasteiger partial charge in [0.05, 0.1) is 6.04 Å². The van der Waals surface area contributed by atoms with Gasteiger partial charge in [0.1, 0.15) is 5.92 Å². The number of hydrogen-bond donors (Lipinski definition) is 3. The molecule has 1 aliphatic heterocycles. The minimum Gasteiger partial charge on any atom is -0.363 e. The normalized spacial score (nSPS) is 25.4. The number of halogens is 4. The van der Waals surface area contributed by atoms with Crippen molar-refractivity contribution >= 4 is 39.0 Å². The van der Waals surface area contributed by atoms with Gasteiger partial charge in [-0.1, -0.05) is 58.4 Å². The van der Waals surface area contributed by atoms with Crippen LogP contribution in [-0.4, -0.2) is 27.9 Å². The SMILES string of the molecule is O=C(c1ccccc1)[C@@H]1[C@@H](c2ccc(Br)cc2)NC(=S)N[C@]1(O)C(F)(F)F. The third-order valence-corrected chi connectivity index (χ3v) is 5.12. The van der Waals surface area contributed by atoms with E-state index in [1.165, 1.54) is 12.1 Å². The molecule has 27 heavy (non-hydrogen) atoms. The fourth-order valence-corrected chi connectivity index (χ4v) is 3.62. The van der Waals surface area contributed by atoms with E-state index in [-0.39, 0.29) is 10.7 Å². The molecule has 0 bridgehead atoms. The summed E-state index contributed by atoms with van der Waals surface area (Å²) >= 11 is 8.14. The second kappa shape index (κ2) is 7.21. The lowest BCUT2D eigenvalue weighted by Gasteiger charge is -2.46. The lowest BCUT2D eigenvalue weighted by atomic mass is 9.77. The van der Waals surface area contributed by atoms with Crippen molar-refractivity contribution in [1.82, 2.24) is 10.6 Å². The molecule has 3 atom stereocenters. The Kier molecular flexibility index (Phi) is 5.29. The minimum atomic E-state index is -5.14. The predicted molar refractivity (Wildman–Crippen MR) is 101 cm³/mol. The van der Waals surface area contributed by atoms with Crippen LogP contribution in [0.3, 0.4) is 0 Å². The third-order valence-electron chi connectivity index (χ3n) is 4.38. The van der Waals surface area contributed by atoms with Crippen LogP contribution in [-0.2, 0) is 0 Å². The van der Waals surface area contributed by atoms with Gasteiger partial charge >= 0.3 is 6.18 Å². The number of benzene rings is 2. The zero-order valence-corrected chi connectivity index (χ0v) is 16.0. The summed E-state index contributed by atoms with van der Waals surface area (Å²) in [6.45, 7) is 0. The average Bonchev–Trinajstić information content (AvgIpc) is 2.61. The summed E-state index contributed by atoms with van der Waals surface area (Å²) < 4.78 is 42.2. The average molecular weight is 459 g/mol. The molecule has 142 valence electrons. The van der Waals surface area contributed by atoms with Gasteiger partial charge in [-0.05, 0) is 29.9 Å². The highest BCUT2D eigenvalue weighted by Gasteiger charge is 2.65. The first-order valence-electron chi connectivity index (χ1n) is 7.86. The van der Waals surface area contributed by atoms with Crippen LogP contribution in [0.4, 0.5) is 13.2 Å². The zero-order chi connectivity index (χ0) is 19.8. The molecule has 3 rings (SSSR count). The fourth-order valence-electron chi connectivity index (χ4n) is 3.07. The Labute approximate surface area is 166 Å². The molecule has 0 saturated carbocycles. The number of Topliss-reactive ketones (excluding diaryl/α,β-unsaturated/α-hetero) is 1. The molecule has 2 aromatic carbocycles. The second-order valence-electron chi connectivity index (χ2n) is 6.10. The molecular formula is C18H14BrF3N2O2S. The van der Waals surface area contributed by atoms with E-state index in [9.17, 15) is 23.1 Å². The molecule has 0 unspecified atom stereocenters. The Morgan fingerprint density at radius 2 is 1.70 bits per heavy atom. The monoisotopic (exact) mass is 458 g/mol. The molecule has 0 spiro atoms. The summed E-state index contributed by atoms with van der Waals surface area (Å²) in [6, 6.07) is 12.8. The Balaban J connectivity index is 2.15. The molecule has 0 radical (unpaired) electrons. The van der Waals surface area contributed by atoms with E-state index < -0.39 is 29.6 Å². The molecule has 3 N–H and O–H groups in total. The van der Waals surface area contributed by atoms with Crippen molar-refractivity contribution in [2.24, 2.45) is 5.92 Å². The first kappa shape index (κ1) is 19.8. The molecule has 0 aliphatic carbocycles. The summed E-state index contributed by atoms with van der Waals surface area (Å²) in [5.41, 5.74) is -3.07. The largest absolute Gasteiger partial charge is 0.437 e. The first-order valence-corrected chi connectivity index (χ1v) is 9.06. The van der Waals surface area contributed by atoms with E-state index in [0.29, 0.717) is 5.56 Å². The maximum atomic E-state index is 13.8. The van der Waals surface area contributed by atoms with Crippen LogP contribution in [0.15, 0.2) is 59.1 Å². The molecule has 1 aliphatic rings. The maximum absolute atomic E-state index is 13.8. The molecule has 4 nitrogen and oxygen atoms in total. The number of nitrogens with one attached hydrogen (secondary N) is 2. The van der Waals surface area contributed by atoms with Gasteiger partial charge in [0.15, 0.2) is 10.9 Å². The van der Waals surface area contributed by atoms with E-state index in [0.717, 1.165) is 4.47 Å². The molecule has 0 aromatic heterocycles. The van der Waals surface area contributed by atoms with Gasteiger partial charge in [0.2, 0.25) is 5.72 Å². The highest BCUT2D eigenvalue weighted by atomic mass is 79.9. The Bertz CT molecular complexity index is 861. The van der Waals surface area contributed by atoms with Crippen molar-refractivity contribution in [3.63, 3.8) is 0 Å². The number of rotatable bonds is 3. The zero-order valence-electron chi connectivity index (χ0n) is 13.6. The molecule has 2 aromatic rings. The molecule has 0 amide bonds. The van der Waals surface area contributed by atoms with Crippen molar-refractivity contribution in [2.45, 2.75) is 17.9 Å². The Hall–Kier alpha value is -1.97. The summed E-state index contributed by atoms with van der Waals surface area (Å²) in [5.74, 6) is -2.75. The summed E-state index contributed by atoms with van der Waals surface area (Å²) in [7, 11) is 0. The van der Waals surface area contributed by atoms with Crippen molar-refractivity contribution in [1.29, 1.82) is 0 Å². The van der Waals surface area contributed by atoms with Crippen molar-refractivity contribution in [3.8, 4) is 0 Å². The van der Waals surface area contributed by atoms with E-state index >= 15 is 0 Å². The quantitative estimate of drug-likeness (QED) is 0.483. The van der Waals surface area contributed by atoms with E-state index in [2.05, 4.69) is 21.2 Å². The Morgan fingerprint density at radius 1 is 1.11 bits per heavy atom. The van der Waals surface area contributed by atoms with Gasteiger partial charge in [-0.15, -0.1) is 0 Å². The fraction of sp³-hybridized carbons (Fsp3) is 0.222. The standard InChI is InChI=1S/C18H14BrF3N2O2S/c19-12-8-6-10(7-9-12)14-13(15(25)11-4-2-1-3-5-11)17(26,18(20,21)22)24-16(27)23-14/h1-9,13-14,26H,(H2,23,24,27)/t13-,14+,17+/m0/s1. The van der Waals surface area contributed by atoms with Crippen molar-refractivity contribution < 1.29 is 23.1 Å². The van der Waals surface area contributed by atoms with E-state index in [1.54, 1.807) is 42.5 Å². The van der Waals surface area contributed by atoms with Gasteiger partial charge in [-0.2, -0.15) is 13.2 Å². The van der Waals surface area contributed by atoms with E-state index in [4.69, 9.17) is 12.2 Å². The molecule has 1 fully saturated rings. The molecule has 9 heteroatoms. The topological polar surface area (TPSA) is 61.4 Å². The molecule has 1 heterocycles. The van der Waals surface area contributed by atoms with Gasteiger partial charge < -0.3 is 15.7 Å². The lowest BCUT2D eigenvalue weighted by Crippen LogP contribution is -2.72. The van der Waals surface area contributed by atoms with Gasteiger partial charge in [0, 0.05) is 10.0 Å². The molecule has 1 saturated heterocycles. The lowest BCUT2D eigenvalue weighted by molar-refractivity contribution is -0.285. The predicted octanol–water partition coefficient (Wildman–Crippen LogP) is 3.72. The van der Waals surface area contributed by atoms with Gasteiger partial charge in [0.25, 0.3) is 0 Å². The number of carbonyl (C=O) groups excluding carboxylic acids is 1. The number of carbonyl (C=O) groups is 1. The van der Waals surface area contributed by atoms with E-state index in [1.807, 2.05) is 5.32 Å². The van der Waals surface area contributed by atoms with Gasteiger partial charge in [-0.3, -0.25) is 4.79 Å². The third kappa shape index (κ3) is 3.71. The summed E-state index contributed by atoms with van der Waals surface area (Å²) in [6.07, 6.45) is -5.14. The number of alkyl halides is 3. The number of ketones is 1. The van der Waals surface area contributed by atoms with Gasteiger partial charge in [-0.25, -0.2) is 0 Å². The second-order valence-corrected chi connectivity index (χ2v) is 7.42. The summed E-state index contributed by atoms with van der Waals surface area (Å²) in [4.78, 5) is 13.0. The van der Waals surface area contributed by atoms with Crippen LogP contribution >= 0.6 is 28.1 Å². The highest BCUT2D eigenvalue weighted by molar-refractivity contribution is 9.10. The minimum absolute atomic E-state index is 0.0590. The van der Waals surface area contributed by atoms with Crippen molar-refractivity contribution in [3.05, 3.63) is 70.2 Å². The summed E-state index contributed by atoms with van der Waals surface area (Å²) in [5, 5.41) is 14.7. The molecular weight excluding hydrogens is 445 g/mol. The van der Waals surface area contributed by atoms with Crippen LogP contribution < -0.4 is 10.6 Å². The van der Waals surface area contributed by atoms with Crippen LogP contribution in [0.2, 0.25) is 0 Å². The number of hydrogen-bond acceptors (Lipinski definition) is 3. The first-order chi connectivity index (χ1) is 12.6. The van der Waals surface area contributed by atoms with Crippen LogP contribution in [0.1, 0.15) is 22.0 Å². The van der Waals surface area contributed by atoms with Crippen LogP contribution in [0, 0.1) is 5.92 Å².